The van der Waals surface area contributed by atoms with Gasteiger partial charge in [0, 0.05) is 45.9 Å². The van der Waals surface area contributed by atoms with Crippen molar-refractivity contribution in [3.8, 4) is 0 Å². The largest absolute Gasteiger partial charge is 0.311 e. The van der Waals surface area contributed by atoms with Gasteiger partial charge in [0.05, 0.1) is 0 Å². The molecule has 6 heteroatoms. The molecule has 1 aromatic heterocycles. The van der Waals surface area contributed by atoms with Crippen LogP contribution < -0.4 is 41.5 Å². The van der Waals surface area contributed by atoms with Crippen LogP contribution in [0, 0.1) is 0 Å². The third-order valence-electron chi connectivity index (χ3n) is 18.5. The smallest absolute Gasteiger partial charge is 0.254 e. The fraction of sp³-hybridized carbons (Fsp3) is 0.366. The van der Waals surface area contributed by atoms with Gasteiger partial charge in [-0.1, -0.05) is 209 Å². The standard InChI is InChI=1S/C71H81BN4Si/c1-66(2,3)46-24-29-50(30-25-46)75-57-33-26-47(67(4,5)6)38-55(57)72-56-39-49(69(10,11)12)41-61-64(56)76(58-34-27-48(68(7,8)9)40-60(58)77(61,17)18)59-43-62(73-65(75)63(59)72)74(51-28-23-44-21-19-20-22-45(44)37-51)52-31-32-53-54(42-52)71(15,16)36-35-70(53,13)14/h19-34,37-43H,35-36H2,1-18H3. The van der Waals surface area contributed by atoms with Crippen LogP contribution >= 0.6 is 0 Å². The van der Waals surface area contributed by atoms with Crippen LogP contribution in [0.5, 0.6) is 0 Å². The molecule has 0 saturated carbocycles. The molecule has 4 nitrogen and oxygen atoms in total. The van der Waals surface area contributed by atoms with Crippen LogP contribution in [0.15, 0.2) is 140 Å². The topological polar surface area (TPSA) is 22.6 Å². The Kier molecular flexibility index (Phi) is 11.2. The zero-order valence-electron chi connectivity index (χ0n) is 49.6. The second-order valence-electron chi connectivity index (χ2n) is 29.3. The zero-order valence-corrected chi connectivity index (χ0v) is 50.6. The summed E-state index contributed by atoms with van der Waals surface area (Å²) >= 11 is 0. The van der Waals surface area contributed by atoms with Gasteiger partial charge in [-0.2, -0.15) is 0 Å². The summed E-state index contributed by atoms with van der Waals surface area (Å²) in [6.45, 7) is 43.2. The first-order valence-corrected chi connectivity index (χ1v) is 31.6. The maximum absolute atomic E-state index is 6.23. The summed E-state index contributed by atoms with van der Waals surface area (Å²) < 4.78 is 0. The van der Waals surface area contributed by atoms with E-state index in [1.807, 2.05) is 0 Å². The summed E-state index contributed by atoms with van der Waals surface area (Å²) in [4.78, 5) is 14.0. The van der Waals surface area contributed by atoms with Crippen molar-refractivity contribution in [2.45, 2.75) is 169 Å². The molecule has 77 heavy (non-hydrogen) atoms. The molecule has 0 N–H and O–H groups in total. The highest BCUT2D eigenvalue weighted by molar-refractivity contribution is 7.05. The summed E-state index contributed by atoms with van der Waals surface area (Å²) in [5.41, 5.74) is 20.6. The molecule has 0 spiro atoms. The molecule has 7 aromatic carbocycles. The van der Waals surface area contributed by atoms with E-state index >= 15 is 0 Å². The van der Waals surface area contributed by atoms with Crippen molar-refractivity contribution < 1.29 is 0 Å². The minimum Gasteiger partial charge on any atom is -0.311 e. The number of fused-ring (bicyclic) bond motifs is 8. The Morgan fingerprint density at radius 1 is 0.481 bits per heavy atom. The van der Waals surface area contributed by atoms with Crippen LogP contribution in [-0.4, -0.2) is 19.8 Å². The van der Waals surface area contributed by atoms with Gasteiger partial charge in [0.25, 0.3) is 6.71 Å². The molecule has 4 aliphatic rings. The zero-order chi connectivity index (χ0) is 54.9. The lowest BCUT2D eigenvalue weighted by molar-refractivity contribution is 0.332. The molecule has 1 aliphatic carbocycles. The highest BCUT2D eigenvalue weighted by Gasteiger charge is 2.51. The predicted octanol–water partition coefficient (Wildman–Crippen LogP) is 16.5. The average Bonchev–Trinajstić information content (AvgIpc) is 3.56. The van der Waals surface area contributed by atoms with Gasteiger partial charge in [0.15, 0.2) is 0 Å². The number of rotatable bonds is 4. The summed E-state index contributed by atoms with van der Waals surface area (Å²) in [5.74, 6) is 1.88. The molecule has 3 aliphatic heterocycles. The molecule has 0 amide bonds. The van der Waals surface area contributed by atoms with E-state index in [1.165, 1.54) is 93.7 Å². The maximum Gasteiger partial charge on any atom is 0.254 e. The number of aromatic nitrogens is 1. The van der Waals surface area contributed by atoms with E-state index in [0.29, 0.717) is 0 Å². The first-order valence-electron chi connectivity index (χ1n) is 28.6. The predicted molar refractivity (Wildman–Crippen MR) is 337 cm³/mol. The molecule has 0 radical (unpaired) electrons. The average molecular weight is 1030 g/mol. The van der Waals surface area contributed by atoms with Gasteiger partial charge < -0.3 is 4.90 Å². The lowest BCUT2D eigenvalue weighted by Gasteiger charge is -2.50. The third-order valence-corrected chi connectivity index (χ3v) is 22.0. The van der Waals surface area contributed by atoms with Crippen molar-refractivity contribution in [2.75, 3.05) is 14.7 Å². The van der Waals surface area contributed by atoms with Gasteiger partial charge in [0.1, 0.15) is 19.7 Å². The molecule has 4 heterocycles. The maximum atomic E-state index is 6.23. The van der Waals surface area contributed by atoms with Crippen LogP contribution in [0.2, 0.25) is 13.1 Å². The summed E-state index contributed by atoms with van der Waals surface area (Å²) in [6.07, 6.45) is 2.30. The Bertz CT molecular complexity index is 3740. The van der Waals surface area contributed by atoms with Crippen LogP contribution in [0.3, 0.4) is 0 Å². The van der Waals surface area contributed by atoms with E-state index in [0.717, 1.165) is 41.5 Å². The molecular weight excluding hydrogens is 948 g/mol. The van der Waals surface area contributed by atoms with Gasteiger partial charge in [-0.25, -0.2) is 4.98 Å². The number of anilines is 9. The Balaban J connectivity index is 1.25. The fourth-order valence-corrected chi connectivity index (χ4v) is 16.4. The Morgan fingerprint density at radius 2 is 1.03 bits per heavy atom. The lowest BCUT2D eigenvalue weighted by atomic mass is 9.33. The van der Waals surface area contributed by atoms with Crippen LogP contribution in [0.25, 0.3) is 10.8 Å². The summed E-state index contributed by atoms with van der Waals surface area (Å²) in [6, 6.07) is 55.1. The summed E-state index contributed by atoms with van der Waals surface area (Å²) in [7, 11) is -2.37. The van der Waals surface area contributed by atoms with Gasteiger partial charge >= 0.3 is 0 Å². The van der Waals surface area contributed by atoms with E-state index in [-0.39, 0.29) is 39.2 Å². The summed E-state index contributed by atoms with van der Waals surface area (Å²) in [5, 5.41) is 5.44. The highest BCUT2D eigenvalue weighted by Crippen LogP contribution is 2.52. The fourth-order valence-electron chi connectivity index (χ4n) is 13.4. The minimum absolute atomic E-state index is 0.000831. The number of nitrogens with zero attached hydrogens (tertiary/aromatic N) is 4. The molecule has 0 unspecified atom stereocenters. The van der Waals surface area contributed by atoms with Crippen molar-refractivity contribution in [3.05, 3.63) is 173 Å². The van der Waals surface area contributed by atoms with Gasteiger partial charge in [0.2, 0.25) is 0 Å². The van der Waals surface area contributed by atoms with E-state index in [1.54, 1.807) is 0 Å². The highest BCUT2D eigenvalue weighted by atomic mass is 28.3. The molecule has 8 aromatic rings. The monoisotopic (exact) mass is 1030 g/mol. The first-order chi connectivity index (χ1) is 35.9. The molecule has 0 bridgehead atoms. The quantitative estimate of drug-likeness (QED) is 0.164. The van der Waals surface area contributed by atoms with Gasteiger partial charge in [-0.05, 0) is 165 Å². The Morgan fingerprint density at radius 3 is 1.68 bits per heavy atom. The van der Waals surface area contributed by atoms with Crippen molar-refractivity contribution in [1.29, 1.82) is 0 Å². The number of hydrogen-bond donors (Lipinski definition) is 0. The van der Waals surface area contributed by atoms with E-state index in [4.69, 9.17) is 4.98 Å². The normalized spacial score (nSPS) is 16.8. The Labute approximate surface area is 463 Å². The van der Waals surface area contributed by atoms with Gasteiger partial charge in [-0.3, -0.25) is 9.80 Å². The third kappa shape index (κ3) is 8.15. The lowest BCUT2D eigenvalue weighted by Crippen LogP contribution is -2.68. The van der Waals surface area contributed by atoms with Crippen molar-refractivity contribution in [3.63, 3.8) is 0 Å². The van der Waals surface area contributed by atoms with Crippen molar-refractivity contribution in [1.82, 2.24) is 4.98 Å². The van der Waals surface area contributed by atoms with E-state index in [2.05, 4.69) is 278 Å². The second kappa shape index (κ2) is 16.8. The van der Waals surface area contributed by atoms with Crippen LogP contribution in [0.1, 0.15) is 157 Å². The Hall–Kier alpha value is -6.37. The van der Waals surface area contributed by atoms with Crippen LogP contribution in [-0.2, 0) is 32.5 Å². The molecule has 392 valence electrons. The second-order valence-corrected chi connectivity index (χ2v) is 33.7. The number of benzene rings is 7. The molecule has 0 atom stereocenters. The van der Waals surface area contributed by atoms with Gasteiger partial charge in [-0.15, -0.1) is 0 Å². The van der Waals surface area contributed by atoms with Crippen molar-refractivity contribution in [2.24, 2.45) is 0 Å². The molecular formula is C71H81BN4Si. The first kappa shape index (κ1) is 51.4. The van der Waals surface area contributed by atoms with E-state index in [9.17, 15) is 0 Å². The molecule has 0 saturated heterocycles. The van der Waals surface area contributed by atoms with E-state index < -0.39 is 8.07 Å². The SMILES string of the molecule is CC(C)(C)c1ccc(N2c3ccc(C(C)(C)C)cc3B3c4cc(C(C)(C)C)cc5c4N(c4ccc(C(C)(C)C)cc4[Si]5(C)C)c4cc(N(c5ccc6c(c5)C(C)(C)CCC6(C)C)c5ccc6ccccc6c5)nc2c43)cc1. The number of pyridine rings is 1. The van der Waals surface area contributed by atoms with Crippen LogP contribution in [0.4, 0.5) is 51.4 Å². The molecule has 12 rings (SSSR count). The van der Waals surface area contributed by atoms with Crippen molar-refractivity contribution >= 4 is 104 Å². The minimum atomic E-state index is -2.37. The molecule has 0 fully saturated rings. The number of hydrogen-bond acceptors (Lipinski definition) is 4.